The fourth-order valence-corrected chi connectivity index (χ4v) is 5.07. The van der Waals surface area contributed by atoms with Crippen molar-refractivity contribution < 1.29 is 18.1 Å². The molecule has 0 bridgehead atoms. The Labute approximate surface area is 171 Å². The summed E-state index contributed by atoms with van der Waals surface area (Å²) in [6.07, 6.45) is 4.88. The van der Waals surface area contributed by atoms with Gasteiger partial charge in [0.2, 0.25) is 10.0 Å². The van der Waals surface area contributed by atoms with Crippen molar-refractivity contribution in [3.8, 4) is 0 Å². The highest BCUT2D eigenvalue weighted by atomic mass is 32.2. The molecule has 0 aromatic heterocycles. The molecule has 6 N–H and O–H groups in total. The molecule has 0 saturated carbocycles. The number of hydrogen-bond donors (Lipinski definition) is 4. The van der Waals surface area contributed by atoms with E-state index in [0.29, 0.717) is 36.7 Å². The van der Waals surface area contributed by atoms with Gasteiger partial charge < -0.3 is 20.9 Å². The second kappa shape index (κ2) is 8.32. The molecule has 0 unspecified atom stereocenters. The fourth-order valence-electron chi connectivity index (χ4n) is 4.25. The van der Waals surface area contributed by atoms with Crippen LogP contribution in [0.4, 0.5) is 5.69 Å². The summed E-state index contributed by atoms with van der Waals surface area (Å²) in [5.74, 6) is -0.207. The Morgan fingerprint density at radius 2 is 1.68 bits per heavy atom. The van der Waals surface area contributed by atoms with Crippen LogP contribution in [0.2, 0.25) is 0 Å². The van der Waals surface area contributed by atoms with Crippen LogP contribution < -0.4 is 21.1 Å². The van der Waals surface area contributed by atoms with Gasteiger partial charge in [0.05, 0.1) is 18.0 Å². The highest BCUT2D eigenvalue weighted by Crippen LogP contribution is 2.22. The van der Waals surface area contributed by atoms with E-state index in [9.17, 15) is 13.2 Å². The second-order valence-corrected chi connectivity index (χ2v) is 9.55. The number of hydrogen-bond acceptors (Lipinski definition) is 4. The van der Waals surface area contributed by atoms with E-state index in [1.165, 1.54) is 23.5 Å². The molecule has 2 aliphatic rings. The SMILES string of the molecule is NC(=O)C1([NH+]2CCCCC2)CCN(C(=S)Nc2ccc(S(N)(=O)=O)cc2)CC1. The molecule has 154 valence electrons. The number of primary amides is 1. The monoisotopic (exact) mass is 426 g/mol. The molecule has 8 nitrogen and oxygen atoms in total. The number of nitrogens with zero attached hydrogens (tertiary/aromatic N) is 1. The average Bonchev–Trinajstić information content (AvgIpc) is 2.68. The van der Waals surface area contributed by atoms with Gasteiger partial charge in [0.25, 0.3) is 5.91 Å². The van der Waals surface area contributed by atoms with Crippen LogP contribution >= 0.6 is 12.2 Å². The van der Waals surface area contributed by atoms with Gasteiger partial charge in [0, 0.05) is 31.6 Å². The van der Waals surface area contributed by atoms with E-state index in [4.69, 9.17) is 23.1 Å². The van der Waals surface area contributed by atoms with Gasteiger partial charge in [-0.2, -0.15) is 0 Å². The maximum atomic E-state index is 12.3. The molecule has 28 heavy (non-hydrogen) atoms. The zero-order valence-corrected chi connectivity index (χ0v) is 17.4. The standard InChI is InChI=1S/C18H27N5O3S2/c19-16(24)18(23-10-2-1-3-11-23)8-12-22(13-9-18)17(27)21-14-4-6-15(7-5-14)28(20,25)26/h4-7H,1-3,8-13H2,(H2,19,24)(H,21,27)(H2,20,25,26)/p+1. The number of piperidine rings is 2. The summed E-state index contributed by atoms with van der Waals surface area (Å²) in [4.78, 5) is 15.7. The van der Waals surface area contributed by atoms with E-state index < -0.39 is 15.6 Å². The van der Waals surface area contributed by atoms with E-state index in [1.807, 2.05) is 4.90 Å². The van der Waals surface area contributed by atoms with Gasteiger partial charge in [0.15, 0.2) is 10.7 Å². The predicted molar refractivity (Wildman–Crippen MR) is 111 cm³/mol. The number of nitrogens with one attached hydrogen (secondary N) is 2. The van der Waals surface area contributed by atoms with Crippen molar-refractivity contribution in [1.29, 1.82) is 0 Å². The molecule has 2 saturated heterocycles. The molecule has 2 fully saturated rings. The highest BCUT2D eigenvalue weighted by Gasteiger charge is 2.49. The second-order valence-electron chi connectivity index (χ2n) is 7.60. The number of primary sulfonamides is 1. The first kappa shape index (κ1) is 21.0. The van der Waals surface area contributed by atoms with Crippen molar-refractivity contribution in [3.05, 3.63) is 24.3 Å². The molecule has 2 heterocycles. The summed E-state index contributed by atoms with van der Waals surface area (Å²) in [6, 6.07) is 6.13. The molecule has 1 aromatic carbocycles. The highest BCUT2D eigenvalue weighted by molar-refractivity contribution is 7.89. The molecule has 0 radical (unpaired) electrons. The first-order valence-corrected chi connectivity index (χ1v) is 11.5. The zero-order valence-electron chi connectivity index (χ0n) is 15.8. The third kappa shape index (κ3) is 4.45. The van der Waals surface area contributed by atoms with Gasteiger partial charge in [0.1, 0.15) is 0 Å². The van der Waals surface area contributed by atoms with Crippen LogP contribution in [0.3, 0.4) is 0 Å². The summed E-state index contributed by atoms with van der Waals surface area (Å²) in [7, 11) is -3.72. The van der Waals surface area contributed by atoms with Crippen molar-refractivity contribution in [2.24, 2.45) is 10.9 Å². The molecule has 0 aliphatic carbocycles. The van der Waals surface area contributed by atoms with E-state index in [2.05, 4.69) is 5.32 Å². The number of likely N-dealkylation sites (tertiary alicyclic amines) is 2. The Morgan fingerprint density at radius 1 is 1.11 bits per heavy atom. The normalized spacial score (nSPS) is 20.5. The lowest BCUT2D eigenvalue weighted by atomic mass is 9.83. The first-order chi connectivity index (χ1) is 13.2. The summed E-state index contributed by atoms with van der Waals surface area (Å²) < 4.78 is 22.7. The number of amides is 1. The van der Waals surface area contributed by atoms with Crippen molar-refractivity contribution in [1.82, 2.24) is 4.90 Å². The van der Waals surface area contributed by atoms with E-state index in [-0.39, 0.29) is 10.8 Å². The Bertz CT molecular complexity index is 827. The zero-order chi connectivity index (χ0) is 20.4. The Kier molecular flexibility index (Phi) is 6.23. The number of thiocarbonyl (C=S) groups is 1. The molecule has 1 amide bonds. The lowest BCUT2D eigenvalue weighted by Crippen LogP contribution is -3.22. The lowest BCUT2D eigenvalue weighted by molar-refractivity contribution is -0.948. The average molecular weight is 427 g/mol. The number of rotatable bonds is 4. The third-order valence-corrected chi connectivity index (χ3v) is 7.23. The Morgan fingerprint density at radius 3 is 2.18 bits per heavy atom. The largest absolute Gasteiger partial charge is 0.364 e. The third-order valence-electron chi connectivity index (χ3n) is 5.94. The fraction of sp³-hybridized carbons (Fsp3) is 0.556. The summed E-state index contributed by atoms with van der Waals surface area (Å²) in [5.41, 5.74) is 6.03. The number of nitrogens with two attached hydrogens (primary N) is 2. The molecular formula is C18H28N5O3S2+. The quantitative estimate of drug-likeness (QED) is 0.478. The van der Waals surface area contributed by atoms with Crippen LogP contribution in [0.15, 0.2) is 29.2 Å². The Balaban J connectivity index is 1.62. The number of quaternary nitrogens is 1. The van der Waals surface area contributed by atoms with E-state index in [0.717, 1.165) is 25.9 Å². The van der Waals surface area contributed by atoms with Crippen molar-refractivity contribution in [3.63, 3.8) is 0 Å². The topological polar surface area (TPSA) is 123 Å². The van der Waals surface area contributed by atoms with Crippen LogP contribution in [0.25, 0.3) is 0 Å². The number of carbonyl (C=O) groups is 1. The van der Waals surface area contributed by atoms with Crippen molar-refractivity contribution >= 4 is 38.9 Å². The minimum Gasteiger partial charge on any atom is -0.364 e. The van der Waals surface area contributed by atoms with Crippen LogP contribution in [0.5, 0.6) is 0 Å². The van der Waals surface area contributed by atoms with Crippen LogP contribution in [0.1, 0.15) is 32.1 Å². The van der Waals surface area contributed by atoms with Crippen LogP contribution in [-0.2, 0) is 14.8 Å². The minimum absolute atomic E-state index is 0.0534. The van der Waals surface area contributed by atoms with Gasteiger partial charge >= 0.3 is 0 Å². The minimum atomic E-state index is -3.72. The molecule has 0 spiro atoms. The van der Waals surface area contributed by atoms with Crippen LogP contribution in [-0.4, -0.2) is 56.1 Å². The Hall–Kier alpha value is -1.75. The predicted octanol–water partition coefficient (Wildman–Crippen LogP) is -0.580. The first-order valence-electron chi connectivity index (χ1n) is 9.56. The molecule has 0 atom stereocenters. The number of benzene rings is 1. The van der Waals surface area contributed by atoms with Gasteiger partial charge in [-0.05, 0) is 55.7 Å². The molecule has 3 rings (SSSR count). The molecule has 2 aliphatic heterocycles. The summed E-state index contributed by atoms with van der Waals surface area (Å²) >= 11 is 5.51. The lowest BCUT2D eigenvalue weighted by Gasteiger charge is -2.45. The van der Waals surface area contributed by atoms with Crippen molar-refractivity contribution in [2.75, 3.05) is 31.5 Å². The van der Waals surface area contributed by atoms with Gasteiger partial charge in [-0.1, -0.05) is 0 Å². The van der Waals surface area contributed by atoms with Crippen molar-refractivity contribution in [2.45, 2.75) is 42.5 Å². The summed E-state index contributed by atoms with van der Waals surface area (Å²) in [5, 5.41) is 8.79. The van der Waals surface area contributed by atoms with Crippen LogP contribution in [0, 0.1) is 0 Å². The maximum absolute atomic E-state index is 12.3. The summed E-state index contributed by atoms with van der Waals surface area (Å²) in [6.45, 7) is 3.32. The molecule has 10 heteroatoms. The van der Waals surface area contributed by atoms with Gasteiger partial charge in [-0.25, -0.2) is 13.6 Å². The molecule has 1 aromatic rings. The maximum Gasteiger partial charge on any atom is 0.278 e. The number of carbonyl (C=O) groups excluding carboxylic acids is 1. The smallest absolute Gasteiger partial charge is 0.278 e. The van der Waals surface area contributed by atoms with Gasteiger partial charge in [-0.3, -0.25) is 4.79 Å². The number of anilines is 1. The van der Waals surface area contributed by atoms with Gasteiger partial charge in [-0.15, -0.1) is 0 Å². The van der Waals surface area contributed by atoms with E-state index >= 15 is 0 Å². The van der Waals surface area contributed by atoms with E-state index in [1.54, 1.807) is 12.1 Å². The molecular weight excluding hydrogens is 398 g/mol. The number of sulfonamides is 1.